The summed E-state index contributed by atoms with van der Waals surface area (Å²) in [6.07, 6.45) is -2.80. The summed E-state index contributed by atoms with van der Waals surface area (Å²) in [5.41, 5.74) is -0.0602. The Morgan fingerprint density at radius 2 is 2.17 bits per heavy atom. The van der Waals surface area contributed by atoms with Crippen molar-refractivity contribution in [3.63, 3.8) is 0 Å². The molecule has 100 valence electrons. The molecule has 0 saturated carbocycles. The van der Waals surface area contributed by atoms with Gasteiger partial charge in [0.25, 0.3) is 6.43 Å². The standard InChI is InChI=1S/C12H15BrF2N2O/c1-7(6-18)5-17-10-4-8(13)2-3-9(10)11(16)12(14)15/h2-4,7,12,16-18H,5-6H2,1H3. The van der Waals surface area contributed by atoms with Gasteiger partial charge in [-0.1, -0.05) is 22.9 Å². The van der Waals surface area contributed by atoms with E-state index in [2.05, 4.69) is 21.2 Å². The predicted molar refractivity (Wildman–Crippen MR) is 71.7 cm³/mol. The maximum Gasteiger partial charge on any atom is 0.280 e. The van der Waals surface area contributed by atoms with Gasteiger partial charge >= 0.3 is 0 Å². The smallest absolute Gasteiger partial charge is 0.280 e. The molecule has 0 saturated heterocycles. The number of aliphatic hydroxyl groups is 1. The Hall–Kier alpha value is -1.01. The maximum atomic E-state index is 12.6. The van der Waals surface area contributed by atoms with Gasteiger partial charge < -0.3 is 10.4 Å². The fourth-order valence-electron chi connectivity index (χ4n) is 1.36. The molecule has 0 aromatic heterocycles. The van der Waals surface area contributed by atoms with Crippen LogP contribution in [0.2, 0.25) is 0 Å². The molecule has 3 nitrogen and oxygen atoms in total. The van der Waals surface area contributed by atoms with Gasteiger partial charge in [0, 0.05) is 28.9 Å². The van der Waals surface area contributed by atoms with Gasteiger partial charge in [-0.25, -0.2) is 8.78 Å². The Labute approximate surface area is 113 Å². The van der Waals surface area contributed by atoms with E-state index in [1.165, 1.54) is 6.07 Å². The molecular formula is C12H15BrF2N2O. The number of halogens is 3. The van der Waals surface area contributed by atoms with E-state index in [1.807, 2.05) is 6.92 Å². The van der Waals surface area contributed by atoms with E-state index in [0.717, 1.165) is 4.47 Å². The van der Waals surface area contributed by atoms with Crippen LogP contribution in [0.5, 0.6) is 0 Å². The van der Waals surface area contributed by atoms with Crippen molar-refractivity contribution in [1.29, 1.82) is 5.41 Å². The number of benzene rings is 1. The fourth-order valence-corrected chi connectivity index (χ4v) is 1.72. The number of rotatable bonds is 6. The minimum atomic E-state index is -2.80. The van der Waals surface area contributed by atoms with Crippen molar-refractivity contribution in [1.82, 2.24) is 0 Å². The van der Waals surface area contributed by atoms with Crippen LogP contribution in [0.25, 0.3) is 0 Å². The SMILES string of the molecule is CC(CO)CNc1cc(Br)ccc1C(=N)C(F)F. The molecule has 1 aromatic rings. The summed E-state index contributed by atoms with van der Waals surface area (Å²) < 4.78 is 25.9. The van der Waals surface area contributed by atoms with Gasteiger partial charge in [-0.2, -0.15) is 0 Å². The molecule has 6 heteroatoms. The lowest BCUT2D eigenvalue weighted by Gasteiger charge is -2.15. The second-order valence-corrected chi connectivity index (χ2v) is 4.99. The Bertz CT molecular complexity index is 427. The van der Waals surface area contributed by atoms with E-state index in [0.29, 0.717) is 12.2 Å². The van der Waals surface area contributed by atoms with Crippen LogP contribution in [-0.4, -0.2) is 30.4 Å². The van der Waals surface area contributed by atoms with Crippen molar-refractivity contribution < 1.29 is 13.9 Å². The Kier molecular flexibility index (Phi) is 5.68. The molecule has 1 aromatic carbocycles. The first-order valence-electron chi connectivity index (χ1n) is 5.47. The highest BCUT2D eigenvalue weighted by molar-refractivity contribution is 9.10. The van der Waals surface area contributed by atoms with E-state index < -0.39 is 12.1 Å². The van der Waals surface area contributed by atoms with Crippen molar-refractivity contribution in [3.8, 4) is 0 Å². The lowest BCUT2D eigenvalue weighted by molar-refractivity contribution is 0.225. The van der Waals surface area contributed by atoms with E-state index in [9.17, 15) is 8.78 Å². The molecule has 0 bridgehead atoms. The fraction of sp³-hybridized carbons (Fsp3) is 0.417. The third-order valence-corrected chi connectivity index (χ3v) is 2.94. The van der Waals surface area contributed by atoms with Gasteiger partial charge in [0.2, 0.25) is 0 Å². The molecule has 0 heterocycles. The van der Waals surface area contributed by atoms with Gasteiger partial charge in [0.15, 0.2) is 0 Å². The van der Waals surface area contributed by atoms with E-state index in [4.69, 9.17) is 10.5 Å². The highest BCUT2D eigenvalue weighted by Gasteiger charge is 2.17. The Morgan fingerprint density at radius 3 is 2.72 bits per heavy atom. The van der Waals surface area contributed by atoms with Crippen molar-refractivity contribution in [2.24, 2.45) is 5.92 Å². The lowest BCUT2D eigenvalue weighted by atomic mass is 10.1. The van der Waals surface area contributed by atoms with E-state index in [-0.39, 0.29) is 18.1 Å². The highest BCUT2D eigenvalue weighted by Crippen LogP contribution is 2.24. The summed E-state index contributed by atoms with van der Waals surface area (Å²) in [7, 11) is 0. The van der Waals surface area contributed by atoms with Crippen LogP contribution in [-0.2, 0) is 0 Å². The van der Waals surface area contributed by atoms with Gasteiger partial charge in [-0.15, -0.1) is 0 Å². The van der Waals surface area contributed by atoms with Crippen molar-refractivity contribution in [3.05, 3.63) is 28.2 Å². The number of alkyl halides is 2. The van der Waals surface area contributed by atoms with Crippen LogP contribution in [0.3, 0.4) is 0 Å². The molecule has 0 amide bonds. The normalized spacial score (nSPS) is 12.6. The average Bonchev–Trinajstić information content (AvgIpc) is 2.35. The van der Waals surface area contributed by atoms with Gasteiger partial charge in [0.1, 0.15) is 5.71 Å². The van der Waals surface area contributed by atoms with Gasteiger partial charge in [-0.3, -0.25) is 5.41 Å². The summed E-state index contributed by atoms with van der Waals surface area (Å²) in [5.74, 6) is 0.0116. The van der Waals surface area contributed by atoms with Crippen LogP contribution in [0.4, 0.5) is 14.5 Å². The Balaban J connectivity index is 2.93. The molecule has 18 heavy (non-hydrogen) atoms. The van der Waals surface area contributed by atoms with Crippen molar-refractivity contribution in [2.45, 2.75) is 13.3 Å². The molecule has 0 fully saturated rings. The third kappa shape index (κ3) is 4.03. The van der Waals surface area contributed by atoms with Crippen LogP contribution in [0, 0.1) is 11.3 Å². The summed E-state index contributed by atoms with van der Waals surface area (Å²) in [6.45, 7) is 2.31. The number of aliphatic hydroxyl groups excluding tert-OH is 1. The number of hydrogen-bond acceptors (Lipinski definition) is 3. The molecule has 0 spiro atoms. The molecule has 0 aliphatic heterocycles. The monoisotopic (exact) mass is 320 g/mol. The predicted octanol–water partition coefficient (Wildman–Crippen LogP) is 3.12. The van der Waals surface area contributed by atoms with Gasteiger partial charge in [-0.05, 0) is 24.1 Å². The Morgan fingerprint density at radius 1 is 1.50 bits per heavy atom. The third-order valence-electron chi connectivity index (χ3n) is 2.44. The highest BCUT2D eigenvalue weighted by atomic mass is 79.9. The van der Waals surface area contributed by atoms with Crippen LogP contribution in [0.1, 0.15) is 12.5 Å². The molecule has 0 radical (unpaired) electrons. The van der Waals surface area contributed by atoms with Crippen LogP contribution >= 0.6 is 15.9 Å². The zero-order chi connectivity index (χ0) is 13.7. The minimum absolute atomic E-state index is 0.0116. The van der Waals surface area contributed by atoms with E-state index >= 15 is 0 Å². The molecule has 1 rings (SSSR count). The topological polar surface area (TPSA) is 56.1 Å². The molecule has 1 atom stereocenters. The van der Waals surface area contributed by atoms with Gasteiger partial charge in [0.05, 0.1) is 0 Å². The van der Waals surface area contributed by atoms with Crippen LogP contribution in [0.15, 0.2) is 22.7 Å². The lowest BCUT2D eigenvalue weighted by Crippen LogP contribution is -2.18. The average molecular weight is 321 g/mol. The summed E-state index contributed by atoms with van der Waals surface area (Å²) in [5, 5.41) is 19.3. The molecule has 0 aliphatic carbocycles. The molecule has 3 N–H and O–H groups in total. The second kappa shape index (κ2) is 6.80. The molecule has 0 aliphatic rings. The molecule has 1 unspecified atom stereocenters. The number of anilines is 1. The maximum absolute atomic E-state index is 12.6. The first-order valence-corrected chi connectivity index (χ1v) is 6.26. The summed E-state index contributed by atoms with van der Waals surface area (Å²) >= 11 is 3.26. The summed E-state index contributed by atoms with van der Waals surface area (Å²) in [4.78, 5) is 0. The molecular weight excluding hydrogens is 306 g/mol. The minimum Gasteiger partial charge on any atom is -0.396 e. The second-order valence-electron chi connectivity index (χ2n) is 4.07. The van der Waals surface area contributed by atoms with Crippen LogP contribution < -0.4 is 5.32 Å². The first-order chi connectivity index (χ1) is 8.45. The first kappa shape index (κ1) is 15.0. The van der Waals surface area contributed by atoms with Crippen molar-refractivity contribution in [2.75, 3.05) is 18.5 Å². The zero-order valence-electron chi connectivity index (χ0n) is 9.88. The van der Waals surface area contributed by atoms with Crippen molar-refractivity contribution >= 4 is 27.3 Å². The zero-order valence-corrected chi connectivity index (χ0v) is 11.5. The number of hydrogen-bond donors (Lipinski definition) is 3. The quantitative estimate of drug-likeness (QED) is 0.705. The van der Waals surface area contributed by atoms with E-state index in [1.54, 1.807) is 12.1 Å². The summed E-state index contributed by atoms with van der Waals surface area (Å²) in [6, 6.07) is 4.74. The number of nitrogens with one attached hydrogen (secondary N) is 2. The largest absolute Gasteiger partial charge is 0.396 e.